The summed E-state index contributed by atoms with van der Waals surface area (Å²) in [6.45, 7) is 4.62. The van der Waals surface area contributed by atoms with E-state index in [1.807, 2.05) is 6.92 Å². The van der Waals surface area contributed by atoms with Crippen LogP contribution in [0.4, 0.5) is 0 Å². The molecule has 24 heavy (non-hydrogen) atoms. The number of thioether (sulfide) groups is 1. The van der Waals surface area contributed by atoms with Crippen LogP contribution in [0.3, 0.4) is 0 Å². The molecule has 128 valence electrons. The number of unbranched alkanes of at least 4 members (excludes halogenated alkanes) is 1. The molecule has 3 heterocycles. The number of nitrogens with zero attached hydrogens (tertiary/aromatic N) is 3. The van der Waals surface area contributed by atoms with Gasteiger partial charge in [0.25, 0.3) is 5.91 Å². The highest BCUT2D eigenvalue weighted by molar-refractivity contribution is 7.99. The molecule has 0 saturated carbocycles. The highest BCUT2D eigenvalue weighted by atomic mass is 32.2. The van der Waals surface area contributed by atoms with Gasteiger partial charge in [-0.1, -0.05) is 13.3 Å². The SMILES string of the molecule is CCCCNC(=O)C1CSCN1C(=O)c1cnc2n[nH]c(C)c2c1. The number of aryl methyl sites for hydroxylation is 1. The van der Waals surface area contributed by atoms with Crippen molar-refractivity contribution in [2.75, 3.05) is 18.2 Å². The Labute approximate surface area is 144 Å². The van der Waals surface area contributed by atoms with Gasteiger partial charge in [-0.05, 0) is 19.4 Å². The number of hydrogen-bond acceptors (Lipinski definition) is 5. The maximum Gasteiger partial charge on any atom is 0.256 e. The molecule has 1 aliphatic heterocycles. The Kier molecular flexibility index (Phi) is 5.03. The lowest BCUT2D eigenvalue weighted by Crippen LogP contribution is -2.47. The first-order valence-electron chi connectivity index (χ1n) is 8.09. The van der Waals surface area contributed by atoms with Crippen LogP contribution < -0.4 is 5.32 Å². The molecule has 1 saturated heterocycles. The van der Waals surface area contributed by atoms with Crippen molar-refractivity contribution < 1.29 is 9.59 Å². The lowest BCUT2D eigenvalue weighted by atomic mass is 10.1. The molecule has 1 unspecified atom stereocenters. The van der Waals surface area contributed by atoms with Crippen LogP contribution in [0.2, 0.25) is 0 Å². The normalized spacial score (nSPS) is 17.4. The van der Waals surface area contributed by atoms with Crippen LogP contribution in [0.1, 0.15) is 35.8 Å². The summed E-state index contributed by atoms with van der Waals surface area (Å²) >= 11 is 1.59. The van der Waals surface area contributed by atoms with Gasteiger partial charge in [0.05, 0.1) is 11.4 Å². The Morgan fingerprint density at radius 1 is 1.50 bits per heavy atom. The van der Waals surface area contributed by atoms with E-state index >= 15 is 0 Å². The third-order valence-corrected chi connectivity index (χ3v) is 5.13. The predicted octanol–water partition coefficient (Wildman–Crippen LogP) is 1.70. The fourth-order valence-electron chi connectivity index (χ4n) is 2.67. The molecule has 0 radical (unpaired) electrons. The standard InChI is InChI=1S/C16H21N5O2S/c1-3-4-5-17-15(22)13-8-24-9-21(13)16(23)11-6-12-10(2)19-20-14(12)18-7-11/h6-7,13H,3-5,8-9H2,1-2H3,(H,17,22)(H,18,19,20). The minimum atomic E-state index is -0.416. The Morgan fingerprint density at radius 3 is 3.12 bits per heavy atom. The van der Waals surface area contributed by atoms with Gasteiger partial charge in [0.15, 0.2) is 5.65 Å². The number of fused-ring (bicyclic) bond motifs is 1. The van der Waals surface area contributed by atoms with Crippen molar-refractivity contribution >= 4 is 34.6 Å². The molecule has 2 aromatic heterocycles. The van der Waals surface area contributed by atoms with Gasteiger partial charge >= 0.3 is 0 Å². The Hall–Kier alpha value is -2.09. The topological polar surface area (TPSA) is 91.0 Å². The largest absolute Gasteiger partial charge is 0.354 e. The van der Waals surface area contributed by atoms with Crippen LogP contribution in [0.5, 0.6) is 0 Å². The molecule has 2 N–H and O–H groups in total. The van der Waals surface area contributed by atoms with Crippen molar-refractivity contribution in [1.29, 1.82) is 0 Å². The maximum absolute atomic E-state index is 12.8. The second kappa shape index (κ2) is 7.21. The van der Waals surface area contributed by atoms with Gasteiger partial charge in [-0.25, -0.2) is 4.98 Å². The molecule has 0 aliphatic carbocycles. The first-order valence-corrected chi connectivity index (χ1v) is 9.24. The molecule has 0 bridgehead atoms. The summed E-state index contributed by atoms with van der Waals surface area (Å²) in [5.41, 5.74) is 1.95. The molecule has 7 nitrogen and oxygen atoms in total. The van der Waals surface area contributed by atoms with Crippen molar-refractivity contribution in [3.05, 3.63) is 23.5 Å². The number of carbonyl (C=O) groups excluding carboxylic acids is 2. The van der Waals surface area contributed by atoms with Gasteiger partial charge in [-0.15, -0.1) is 11.8 Å². The number of carbonyl (C=O) groups is 2. The van der Waals surface area contributed by atoms with E-state index in [-0.39, 0.29) is 11.8 Å². The van der Waals surface area contributed by atoms with Crippen LogP contribution in [0.15, 0.2) is 12.3 Å². The van der Waals surface area contributed by atoms with E-state index in [1.165, 1.54) is 6.20 Å². The average Bonchev–Trinajstić information content (AvgIpc) is 3.21. The molecule has 3 rings (SSSR count). The van der Waals surface area contributed by atoms with E-state index < -0.39 is 6.04 Å². The highest BCUT2D eigenvalue weighted by Crippen LogP contribution is 2.24. The number of hydrogen-bond donors (Lipinski definition) is 2. The number of pyridine rings is 1. The van der Waals surface area contributed by atoms with Gasteiger partial charge in [-0.2, -0.15) is 5.10 Å². The molecule has 8 heteroatoms. The average molecular weight is 347 g/mol. The smallest absolute Gasteiger partial charge is 0.256 e. The summed E-state index contributed by atoms with van der Waals surface area (Å²) in [5.74, 6) is 0.915. The number of H-pyrrole nitrogens is 1. The van der Waals surface area contributed by atoms with Gasteiger partial charge in [-0.3, -0.25) is 14.7 Å². The molecular formula is C16H21N5O2S. The van der Waals surface area contributed by atoms with E-state index in [1.54, 1.807) is 22.7 Å². The summed E-state index contributed by atoms with van der Waals surface area (Å²) in [6.07, 6.45) is 3.50. The van der Waals surface area contributed by atoms with E-state index in [0.29, 0.717) is 29.4 Å². The summed E-state index contributed by atoms with van der Waals surface area (Å²) in [5, 5.41) is 10.7. The van der Waals surface area contributed by atoms with Crippen LogP contribution in [0, 0.1) is 6.92 Å². The van der Waals surface area contributed by atoms with Gasteiger partial charge < -0.3 is 10.2 Å². The molecule has 2 amide bonds. The Balaban J connectivity index is 1.76. The van der Waals surface area contributed by atoms with Crippen LogP contribution >= 0.6 is 11.8 Å². The highest BCUT2D eigenvalue weighted by Gasteiger charge is 2.35. The van der Waals surface area contributed by atoms with E-state index in [2.05, 4.69) is 27.4 Å². The van der Waals surface area contributed by atoms with Crippen LogP contribution in [0.25, 0.3) is 11.0 Å². The third-order valence-electron chi connectivity index (χ3n) is 4.12. The zero-order chi connectivity index (χ0) is 17.1. The summed E-state index contributed by atoms with van der Waals surface area (Å²) in [7, 11) is 0. The van der Waals surface area contributed by atoms with Gasteiger partial charge in [0, 0.05) is 29.6 Å². The first-order chi connectivity index (χ1) is 11.6. The van der Waals surface area contributed by atoms with Crippen molar-refractivity contribution in [3.8, 4) is 0 Å². The Morgan fingerprint density at radius 2 is 2.33 bits per heavy atom. The zero-order valence-corrected chi connectivity index (χ0v) is 14.7. The number of aromatic nitrogens is 3. The van der Waals surface area contributed by atoms with E-state index in [4.69, 9.17) is 0 Å². The monoisotopic (exact) mass is 347 g/mol. The summed E-state index contributed by atoms with van der Waals surface area (Å²) < 4.78 is 0. The molecule has 0 aromatic carbocycles. The van der Waals surface area contributed by atoms with Crippen molar-refractivity contribution in [1.82, 2.24) is 25.4 Å². The number of aromatic amines is 1. The second-order valence-electron chi connectivity index (χ2n) is 5.88. The number of amides is 2. The first kappa shape index (κ1) is 16.8. The molecule has 2 aromatic rings. The van der Waals surface area contributed by atoms with Crippen LogP contribution in [-0.2, 0) is 4.79 Å². The quantitative estimate of drug-likeness (QED) is 0.803. The van der Waals surface area contributed by atoms with Gasteiger partial charge in [0.2, 0.25) is 5.91 Å². The fourth-order valence-corrected chi connectivity index (χ4v) is 3.82. The minimum Gasteiger partial charge on any atom is -0.354 e. The maximum atomic E-state index is 12.8. The fraction of sp³-hybridized carbons (Fsp3) is 0.500. The molecule has 1 fully saturated rings. The van der Waals surface area contributed by atoms with Crippen molar-refractivity contribution in [2.24, 2.45) is 0 Å². The Bertz CT molecular complexity index is 760. The summed E-state index contributed by atoms with van der Waals surface area (Å²) in [4.78, 5) is 31.0. The van der Waals surface area contributed by atoms with E-state index in [0.717, 1.165) is 23.9 Å². The molecular weight excluding hydrogens is 326 g/mol. The second-order valence-corrected chi connectivity index (χ2v) is 6.88. The van der Waals surface area contributed by atoms with Gasteiger partial charge in [0.1, 0.15) is 6.04 Å². The molecule has 0 spiro atoms. The molecule has 1 aliphatic rings. The van der Waals surface area contributed by atoms with Crippen molar-refractivity contribution in [3.63, 3.8) is 0 Å². The lowest BCUT2D eigenvalue weighted by Gasteiger charge is -2.23. The zero-order valence-electron chi connectivity index (χ0n) is 13.8. The lowest BCUT2D eigenvalue weighted by molar-refractivity contribution is -0.124. The predicted molar refractivity (Wildman–Crippen MR) is 93.8 cm³/mol. The molecule has 1 atom stereocenters. The van der Waals surface area contributed by atoms with E-state index in [9.17, 15) is 9.59 Å². The summed E-state index contributed by atoms with van der Waals surface area (Å²) in [6, 6.07) is 1.37. The number of rotatable bonds is 5. The van der Waals surface area contributed by atoms with Crippen LogP contribution in [-0.4, -0.2) is 56.1 Å². The minimum absolute atomic E-state index is 0.0738. The van der Waals surface area contributed by atoms with Crippen molar-refractivity contribution in [2.45, 2.75) is 32.7 Å². The number of nitrogens with one attached hydrogen (secondary N) is 2. The third kappa shape index (κ3) is 3.24.